The van der Waals surface area contributed by atoms with Crippen molar-refractivity contribution in [3.63, 3.8) is 0 Å². The molecule has 1 saturated heterocycles. The SMILES string of the molecule is CC(=O)O[C@H]1C(=O)[C@@]2(C)[C@H]([C@H](OC(=O)c3ccccc3)[C@]3(O)C[C@H](OC(=O)[C@H](O)[C@@H](NC(=O)c4ccccc4)c4ccccc4)C(C)=C1C3(C)C)[C@]1(OC(C)=O)CO[C@@H]1C[C@@H]2O.N[C@@H](Cc1ccc(N(CCCl)CCCl)cc1)C(=O)O. The van der Waals surface area contributed by atoms with Gasteiger partial charge in [-0.3, -0.25) is 24.0 Å². The molecule has 0 unspecified atom stereocenters. The van der Waals surface area contributed by atoms with Crippen LogP contribution in [0, 0.1) is 16.7 Å². The quantitative estimate of drug-likeness (QED) is 0.0303. The van der Waals surface area contributed by atoms with E-state index in [0.717, 1.165) is 38.2 Å². The van der Waals surface area contributed by atoms with E-state index in [2.05, 4.69) is 10.2 Å². The lowest BCUT2D eigenvalue weighted by Crippen LogP contribution is -2.82. The van der Waals surface area contributed by atoms with Crippen LogP contribution in [0.5, 0.6) is 0 Å². The summed E-state index contributed by atoms with van der Waals surface area (Å²) in [7, 11) is 0. The predicted molar refractivity (Wildman–Crippen MR) is 297 cm³/mol. The first kappa shape index (κ1) is 61.9. The van der Waals surface area contributed by atoms with Crippen LogP contribution >= 0.6 is 23.2 Å². The first-order valence-corrected chi connectivity index (χ1v) is 27.6. The number of benzene rings is 4. The first-order valence-electron chi connectivity index (χ1n) is 26.5. The van der Waals surface area contributed by atoms with Gasteiger partial charge in [-0.15, -0.1) is 23.2 Å². The van der Waals surface area contributed by atoms with Crippen molar-refractivity contribution in [1.82, 2.24) is 5.32 Å². The second kappa shape index (κ2) is 25.6. The molecule has 0 radical (unpaired) electrons. The molecular weight excluding hydrogens is 1090 g/mol. The summed E-state index contributed by atoms with van der Waals surface area (Å²) in [5.41, 5.74) is 0.398. The van der Waals surface area contributed by atoms with Gasteiger partial charge in [-0.05, 0) is 78.9 Å². The summed E-state index contributed by atoms with van der Waals surface area (Å²) < 4.78 is 30.3. The molecule has 19 nitrogen and oxygen atoms in total. The van der Waals surface area contributed by atoms with Gasteiger partial charge in [-0.2, -0.15) is 0 Å². The number of carbonyl (C=O) groups excluding carboxylic acids is 6. The van der Waals surface area contributed by atoms with Crippen LogP contribution in [0.25, 0.3) is 0 Å². The van der Waals surface area contributed by atoms with Gasteiger partial charge in [-0.1, -0.05) is 92.7 Å². The lowest BCUT2D eigenvalue weighted by atomic mass is 9.44. The Labute approximate surface area is 479 Å². The Balaban J connectivity index is 0.000000423. The lowest BCUT2D eigenvalue weighted by molar-refractivity contribution is -0.346. The van der Waals surface area contributed by atoms with E-state index in [4.69, 9.17) is 57.7 Å². The van der Waals surface area contributed by atoms with Gasteiger partial charge in [0.15, 0.2) is 23.6 Å². The second-order valence-corrected chi connectivity index (χ2v) is 22.3. The molecule has 7 N–H and O–H groups in total. The number of nitrogens with two attached hydrogens (primary N) is 1. The number of nitrogens with zero attached hydrogens (tertiary/aromatic N) is 1. The molecule has 1 aliphatic heterocycles. The van der Waals surface area contributed by atoms with Gasteiger partial charge in [0.1, 0.15) is 30.0 Å². The van der Waals surface area contributed by atoms with Crippen LogP contribution < -0.4 is 16.0 Å². The van der Waals surface area contributed by atoms with Gasteiger partial charge in [0, 0.05) is 68.2 Å². The van der Waals surface area contributed by atoms with Crippen LogP contribution in [0.15, 0.2) is 126 Å². The number of nitrogens with one attached hydrogen (secondary N) is 1. The number of ketones is 1. The number of alkyl halides is 2. The van der Waals surface area contributed by atoms with E-state index in [-0.39, 0.29) is 35.3 Å². The summed E-state index contributed by atoms with van der Waals surface area (Å²) in [4.78, 5) is 96.2. The minimum absolute atomic E-state index is 0.00289. The van der Waals surface area contributed by atoms with E-state index in [1.807, 2.05) is 24.3 Å². The van der Waals surface area contributed by atoms with Gasteiger partial charge < -0.3 is 60.1 Å². The van der Waals surface area contributed by atoms with Crippen LogP contribution in [-0.4, -0.2) is 147 Å². The van der Waals surface area contributed by atoms with E-state index >= 15 is 4.79 Å². The molecule has 1 amide bonds. The number of aliphatic hydroxyl groups is 3. The Morgan fingerprint density at radius 2 is 1.38 bits per heavy atom. The standard InChI is InChI=1S/C47H51NO14.C13H18Cl2N2O2/c1-25-31(60-43(56)36(52)35(28-16-10-7-11-17-28)48-41(54)29-18-12-8-13-19-29)23-47(57)40(61-42(55)30-20-14-9-15-21-30)38-45(6,32(51)22-33-46(38,24-58-33)62-27(3)50)39(53)37(59-26(2)49)34(25)44(47,4)5;14-5-7-17(8-6-15)11-3-1-10(2-4-11)9-12(16)13(18)19/h7-21,31-33,35-38,40,51-52,57H,22-24H2,1-6H3,(H,48,54);1-4,12H,5-9,16H2,(H,18,19)/t31-,32-,33+,35-,36+,37+,38-,40-,45+,46-,47+;12-/m00/s1. The highest BCUT2D eigenvalue weighted by Crippen LogP contribution is 2.64. The number of Topliss-reactive ketones (excluding diaryl/α,β-unsaturated/α-hetero) is 1. The minimum atomic E-state index is -2.39. The van der Waals surface area contributed by atoms with Gasteiger partial charge in [0.2, 0.25) is 0 Å². The van der Waals surface area contributed by atoms with Crippen LogP contribution in [0.1, 0.15) is 92.3 Å². The summed E-state index contributed by atoms with van der Waals surface area (Å²) >= 11 is 11.5. The molecule has 4 aromatic carbocycles. The van der Waals surface area contributed by atoms with E-state index in [1.165, 1.54) is 26.0 Å². The predicted octanol–water partition coefficient (Wildman–Crippen LogP) is 5.66. The molecule has 1 heterocycles. The molecule has 3 aliphatic carbocycles. The summed E-state index contributed by atoms with van der Waals surface area (Å²) in [6.07, 6.45) is -10.2. The second-order valence-electron chi connectivity index (χ2n) is 21.5. The fraction of sp³-hybridized carbons (Fsp3) is 0.450. The number of halogens is 2. The Bertz CT molecular complexity index is 2960. The molecule has 8 rings (SSSR count). The molecule has 3 fully saturated rings. The van der Waals surface area contributed by atoms with Crippen molar-refractivity contribution in [2.75, 3.05) is 36.4 Å². The van der Waals surface area contributed by atoms with Crippen LogP contribution in [0.4, 0.5) is 5.69 Å². The number of rotatable bonds is 18. The summed E-state index contributed by atoms with van der Waals surface area (Å²) in [5, 5.41) is 49.0. The highest BCUT2D eigenvalue weighted by molar-refractivity contribution is 6.18. The molecule has 21 heteroatoms. The van der Waals surface area contributed by atoms with Gasteiger partial charge in [0.05, 0.1) is 35.6 Å². The molecule has 0 spiro atoms. The molecule has 81 heavy (non-hydrogen) atoms. The number of hydrogen-bond donors (Lipinski definition) is 6. The first-order chi connectivity index (χ1) is 38.4. The van der Waals surface area contributed by atoms with Crippen molar-refractivity contribution >= 4 is 70.4 Å². The van der Waals surface area contributed by atoms with E-state index in [1.54, 1.807) is 92.7 Å². The fourth-order valence-corrected chi connectivity index (χ4v) is 12.3. The zero-order valence-electron chi connectivity index (χ0n) is 45.8. The monoisotopic (exact) mass is 1160 g/mol. The van der Waals surface area contributed by atoms with Crippen molar-refractivity contribution in [2.24, 2.45) is 22.5 Å². The third kappa shape index (κ3) is 12.5. The number of carboxylic acid groups (broad SMARTS) is 1. The zero-order chi connectivity index (χ0) is 59.2. The smallest absolute Gasteiger partial charge is 0.338 e. The van der Waals surface area contributed by atoms with Crippen molar-refractivity contribution in [2.45, 2.75) is 121 Å². The van der Waals surface area contributed by atoms with E-state index in [0.29, 0.717) is 23.7 Å². The minimum Gasteiger partial charge on any atom is -0.480 e. The normalized spacial score (nSPS) is 27.2. The van der Waals surface area contributed by atoms with Crippen molar-refractivity contribution in [3.8, 4) is 0 Å². The Morgan fingerprint density at radius 1 is 0.815 bits per heavy atom. The third-order valence-electron chi connectivity index (χ3n) is 16.3. The van der Waals surface area contributed by atoms with Gasteiger partial charge in [-0.25, -0.2) is 9.59 Å². The summed E-state index contributed by atoms with van der Waals surface area (Å²) in [5.74, 6) is -6.77. The number of aliphatic hydroxyl groups excluding tert-OH is 2. The Kier molecular flexibility index (Phi) is 19.6. The largest absolute Gasteiger partial charge is 0.480 e. The van der Waals surface area contributed by atoms with Crippen molar-refractivity contribution in [1.29, 1.82) is 0 Å². The number of fused-ring (bicyclic) bond motifs is 5. The summed E-state index contributed by atoms with van der Waals surface area (Å²) in [6, 6.07) is 29.7. The van der Waals surface area contributed by atoms with Gasteiger partial charge >= 0.3 is 29.8 Å². The van der Waals surface area contributed by atoms with Crippen molar-refractivity contribution in [3.05, 3.63) is 149 Å². The number of anilines is 1. The molecule has 2 saturated carbocycles. The highest BCUT2D eigenvalue weighted by Gasteiger charge is 2.78. The molecule has 12 atom stereocenters. The van der Waals surface area contributed by atoms with Crippen molar-refractivity contribution < 1.29 is 77.7 Å². The third-order valence-corrected chi connectivity index (χ3v) is 16.6. The van der Waals surface area contributed by atoms with Crippen LogP contribution in [-0.2, 0) is 54.1 Å². The number of amides is 1. The average molecular weight is 1160 g/mol. The molecular formula is C60H69Cl2N3O16. The number of aliphatic carboxylic acids is 1. The van der Waals surface area contributed by atoms with Crippen LogP contribution in [0.2, 0.25) is 0 Å². The maximum atomic E-state index is 15.5. The zero-order valence-corrected chi connectivity index (χ0v) is 47.3. The number of carbonyl (C=O) groups is 7. The maximum absolute atomic E-state index is 15.5. The number of esters is 4. The number of ether oxygens (including phenoxy) is 5. The topological polar surface area (TPSA) is 288 Å². The average Bonchev–Trinajstić information content (AvgIpc) is 3.63. The van der Waals surface area contributed by atoms with E-state index < -0.39 is 125 Å². The molecule has 4 aliphatic rings. The number of hydrogen-bond acceptors (Lipinski definition) is 17. The molecule has 434 valence electrons. The highest BCUT2D eigenvalue weighted by atomic mass is 35.5. The Morgan fingerprint density at radius 3 is 1.90 bits per heavy atom. The van der Waals surface area contributed by atoms with Crippen LogP contribution in [0.3, 0.4) is 0 Å². The number of carboxylic acids is 1. The Hall–Kier alpha value is -6.71. The molecule has 2 bridgehead atoms. The molecule has 4 aromatic rings. The summed E-state index contributed by atoms with van der Waals surface area (Å²) in [6.45, 7) is 9.42. The van der Waals surface area contributed by atoms with E-state index in [9.17, 15) is 44.1 Å². The fourth-order valence-electron chi connectivity index (χ4n) is 11.9. The maximum Gasteiger partial charge on any atom is 0.338 e. The molecule has 0 aromatic heterocycles. The van der Waals surface area contributed by atoms with Gasteiger partial charge in [0.25, 0.3) is 5.91 Å². The lowest BCUT2D eigenvalue weighted by Gasteiger charge is -2.67.